The first-order chi connectivity index (χ1) is 25.8. The highest BCUT2D eigenvalue weighted by Crippen LogP contribution is 2.43. The molecule has 2 amide bonds. The molecule has 2 N–H and O–H groups in total. The number of pyridine rings is 1. The number of methoxy groups -OCH3 is 1. The number of aromatic nitrogens is 1. The monoisotopic (exact) mass is 775 g/mol. The molecule has 55 heavy (non-hydrogen) atoms. The normalized spacial score (nSPS) is 16.3. The second kappa shape index (κ2) is 16.9. The minimum Gasteiger partial charge on any atom is -0.465 e. The standard InChI is InChI=1S/C42H54ClN5O7/c1-40(2,3)54-38(50)45-35-23-31(24-36(44-35)46-39(51)55-41(4,5)6)53-34-22-30(14-15-32(34)37(49)52-9)48-20-18-47(19-21-48)26-28-16-17-42(7,8)25-33(28)27-10-12-29(43)13-11-27/h10-15,22-24H,16-21,25-26H2,1-9H3,(H2,44,45,46,50,51). The van der Waals surface area contributed by atoms with Crippen molar-refractivity contribution in [3.05, 3.63) is 76.3 Å². The Morgan fingerprint density at radius 3 is 1.96 bits per heavy atom. The molecule has 0 spiro atoms. The van der Waals surface area contributed by atoms with Crippen LogP contribution in [-0.4, -0.2) is 79.1 Å². The molecule has 0 atom stereocenters. The van der Waals surface area contributed by atoms with Crippen LogP contribution in [0.25, 0.3) is 5.57 Å². The molecule has 1 aliphatic carbocycles. The Morgan fingerprint density at radius 2 is 1.42 bits per heavy atom. The summed E-state index contributed by atoms with van der Waals surface area (Å²) in [5, 5.41) is 5.93. The summed E-state index contributed by atoms with van der Waals surface area (Å²) < 4.78 is 22.2. The number of nitrogens with one attached hydrogen (secondary N) is 2. The molecule has 2 heterocycles. The van der Waals surface area contributed by atoms with Crippen molar-refractivity contribution in [3.63, 3.8) is 0 Å². The number of ether oxygens (including phenoxy) is 4. The van der Waals surface area contributed by atoms with E-state index in [2.05, 4.69) is 51.4 Å². The van der Waals surface area contributed by atoms with Gasteiger partial charge in [0.15, 0.2) is 0 Å². The van der Waals surface area contributed by atoms with Crippen LogP contribution in [0.5, 0.6) is 11.5 Å². The van der Waals surface area contributed by atoms with Gasteiger partial charge >= 0.3 is 18.2 Å². The van der Waals surface area contributed by atoms with Crippen molar-refractivity contribution in [1.82, 2.24) is 9.88 Å². The SMILES string of the molecule is COC(=O)c1ccc(N2CCN(CC3=C(c4ccc(Cl)cc4)CC(C)(C)CC3)CC2)cc1Oc1cc(NC(=O)OC(C)(C)C)nc(NC(=O)OC(C)(C)C)c1. The van der Waals surface area contributed by atoms with Crippen molar-refractivity contribution in [1.29, 1.82) is 0 Å². The van der Waals surface area contributed by atoms with Crippen molar-refractivity contribution < 1.29 is 33.3 Å². The quantitative estimate of drug-likeness (QED) is 0.160. The molecule has 13 heteroatoms. The van der Waals surface area contributed by atoms with Crippen molar-refractivity contribution in [2.45, 2.75) is 85.9 Å². The molecular weight excluding hydrogens is 722 g/mol. The number of rotatable bonds is 9. The number of halogens is 1. The predicted molar refractivity (Wildman–Crippen MR) is 216 cm³/mol. The molecule has 2 aromatic carbocycles. The number of benzene rings is 2. The Hall–Kier alpha value is -4.81. The van der Waals surface area contributed by atoms with Crippen molar-refractivity contribution in [2.24, 2.45) is 5.41 Å². The van der Waals surface area contributed by atoms with Crippen molar-refractivity contribution in [3.8, 4) is 11.5 Å². The van der Waals surface area contributed by atoms with Gasteiger partial charge in [-0.25, -0.2) is 19.4 Å². The van der Waals surface area contributed by atoms with Gasteiger partial charge in [-0.2, -0.15) is 0 Å². The van der Waals surface area contributed by atoms with Gasteiger partial charge in [0.25, 0.3) is 0 Å². The molecule has 0 bridgehead atoms. The number of allylic oxidation sites excluding steroid dienone is 1. The van der Waals surface area contributed by atoms with E-state index in [1.54, 1.807) is 53.7 Å². The summed E-state index contributed by atoms with van der Waals surface area (Å²) >= 11 is 6.23. The van der Waals surface area contributed by atoms with Gasteiger partial charge in [0.2, 0.25) is 0 Å². The zero-order valence-electron chi connectivity index (χ0n) is 33.4. The maximum atomic E-state index is 12.9. The summed E-state index contributed by atoms with van der Waals surface area (Å²) in [4.78, 5) is 47.4. The largest absolute Gasteiger partial charge is 0.465 e. The maximum absolute atomic E-state index is 12.9. The average molecular weight is 776 g/mol. The van der Waals surface area contributed by atoms with E-state index in [0.29, 0.717) is 0 Å². The van der Waals surface area contributed by atoms with Gasteiger partial charge in [-0.15, -0.1) is 0 Å². The molecule has 3 aromatic rings. The third-order valence-corrected chi connectivity index (χ3v) is 9.44. The third-order valence-electron chi connectivity index (χ3n) is 9.19. The molecule has 5 rings (SSSR count). The van der Waals surface area contributed by atoms with Crippen LogP contribution >= 0.6 is 11.6 Å². The van der Waals surface area contributed by atoms with Crippen LogP contribution in [0.15, 0.2) is 60.2 Å². The van der Waals surface area contributed by atoms with Gasteiger partial charge < -0.3 is 23.8 Å². The Morgan fingerprint density at radius 1 is 0.836 bits per heavy atom. The smallest absolute Gasteiger partial charge is 0.413 e. The highest BCUT2D eigenvalue weighted by molar-refractivity contribution is 6.30. The fourth-order valence-corrected chi connectivity index (χ4v) is 6.73. The maximum Gasteiger partial charge on any atom is 0.413 e. The van der Waals surface area contributed by atoms with Gasteiger partial charge in [-0.05, 0) is 102 Å². The van der Waals surface area contributed by atoms with Crippen LogP contribution in [0.4, 0.5) is 26.9 Å². The lowest BCUT2D eigenvalue weighted by Gasteiger charge is -2.39. The topological polar surface area (TPSA) is 132 Å². The lowest BCUT2D eigenvalue weighted by Crippen LogP contribution is -2.47. The van der Waals surface area contributed by atoms with Crippen molar-refractivity contribution in [2.75, 3.05) is 55.4 Å². The van der Waals surface area contributed by atoms with Gasteiger partial charge in [0.05, 0.1) is 7.11 Å². The highest BCUT2D eigenvalue weighted by atomic mass is 35.5. The molecule has 0 unspecified atom stereocenters. The van der Waals surface area contributed by atoms with Crippen LogP contribution in [0.1, 0.15) is 90.6 Å². The molecule has 1 aromatic heterocycles. The molecule has 0 saturated carbocycles. The fourth-order valence-electron chi connectivity index (χ4n) is 6.60. The minimum absolute atomic E-state index is 0.0422. The summed E-state index contributed by atoms with van der Waals surface area (Å²) in [5.41, 5.74) is 3.97. The number of piperazine rings is 1. The van der Waals surface area contributed by atoms with Crippen LogP contribution in [0.3, 0.4) is 0 Å². The zero-order valence-corrected chi connectivity index (χ0v) is 34.2. The first-order valence-electron chi connectivity index (χ1n) is 18.6. The molecule has 1 saturated heterocycles. The minimum atomic E-state index is -0.762. The number of nitrogens with zero attached hydrogens (tertiary/aromatic N) is 3. The highest BCUT2D eigenvalue weighted by Gasteiger charge is 2.30. The van der Waals surface area contributed by atoms with E-state index in [-0.39, 0.29) is 34.1 Å². The van der Waals surface area contributed by atoms with Gasteiger partial charge in [0, 0.05) is 61.6 Å². The average Bonchev–Trinajstić information content (AvgIpc) is 3.07. The number of hydrogen-bond acceptors (Lipinski definition) is 10. The Labute approximate surface area is 329 Å². The van der Waals surface area contributed by atoms with E-state index in [9.17, 15) is 14.4 Å². The summed E-state index contributed by atoms with van der Waals surface area (Å²) in [6.45, 7) is 19.3. The number of anilines is 3. The second-order valence-corrected chi connectivity index (χ2v) is 17.2. The van der Waals surface area contributed by atoms with Crippen LogP contribution < -0.4 is 20.3 Å². The van der Waals surface area contributed by atoms with Crippen molar-refractivity contribution >= 4 is 52.7 Å². The van der Waals surface area contributed by atoms with Gasteiger partial charge in [0.1, 0.15) is 39.9 Å². The van der Waals surface area contributed by atoms with E-state index in [0.717, 1.165) is 62.7 Å². The first-order valence-corrected chi connectivity index (χ1v) is 19.0. The molecule has 1 aliphatic heterocycles. The lowest BCUT2D eigenvalue weighted by molar-refractivity contribution is 0.0594. The van der Waals surface area contributed by atoms with Crippen LogP contribution in [0, 0.1) is 5.41 Å². The molecule has 0 radical (unpaired) electrons. The lowest BCUT2D eigenvalue weighted by atomic mass is 9.72. The molecule has 296 valence electrons. The van der Waals surface area contributed by atoms with Crippen LogP contribution in [0.2, 0.25) is 5.02 Å². The van der Waals surface area contributed by atoms with E-state index >= 15 is 0 Å². The fraction of sp³-hybridized carbons (Fsp3) is 0.476. The third kappa shape index (κ3) is 12.1. The van der Waals surface area contributed by atoms with Crippen LogP contribution in [-0.2, 0) is 14.2 Å². The molecule has 1 fully saturated rings. The predicted octanol–water partition coefficient (Wildman–Crippen LogP) is 9.79. The summed E-state index contributed by atoms with van der Waals surface area (Å²) in [6, 6.07) is 16.5. The van der Waals surface area contributed by atoms with E-state index < -0.39 is 29.4 Å². The van der Waals surface area contributed by atoms with Gasteiger partial charge in [-0.3, -0.25) is 15.5 Å². The first kappa shape index (κ1) is 41.4. The number of esters is 1. The zero-order chi connectivity index (χ0) is 40.1. The van der Waals surface area contributed by atoms with Gasteiger partial charge in [-0.1, -0.05) is 43.2 Å². The van der Waals surface area contributed by atoms with E-state index in [1.807, 2.05) is 18.2 Å². The Balaban J connectivity index is 1.36. The molecule has 12 nitrogen and oxygen atoms in total. The Bertz CT molecular complexity index is 1860. The second-order valence-electron chi connectivity index (χ2n) is 16.8. The summed E-state index contributed by atoms with van der Waals surface area (Å²) in [6.07, 6.45) is 1.76. The molecule has 2 aliphatic rings. The van der Waals surface area contributed by atoms with E-state index in [4.69, 9.17) is 30.5 Å². The number of carbonyl (C=O) groups is 3. The Kier molecular flexibility index (Phi) is 12.7. The number of amides is 2. The number of carbonyl (C=O) groups excluding carboxylic acids is 3. The number of hydrogen-bond donors (Lipinski definition) is 2. The summed E-state index contributed by atoms with van der Waals surface area (Å²) in [7, 11) is 1.30. The summed E-state index contributed by atoms with van der Waals surface area (Å²) in [5.74, 6) is -0.0899. The van der Waals surface area contributed by atoms with E-state index in [1.165, 1.54) is 36.0 Å². The molecular formula is C42H54ClN5O7.